The number of carbonyl (C=O) groups is 2. The average molecular weight is 288 g/mol. The fourth-order valence-electron chi connectivity index (χ4n) is 3.19. The van der Waals surface area contributed by atoms with E-state index >= 15 is 0 Å². The van der Waals surface area contributed by atoms with Gasteiger partial charge in [0.25, 0.3) is 0 Å². The summed E-state index contributed by atoms with van der Waals surface area (Å²) in [5.41, 5.74) is 0.948. The van der Waals surface area contributed by atoms with Gasteiger partial charge in [-0.2, -0.15) is 0 Å². The summed E-state index contributed by atoms with van der Waals surface area (Å²) in [5.74, 6) is 0.308. The van der Waals surface area contributed by atoms with Gasteiger partial charge in [-0.05, 0) is 19.1 Å². The maximum absolute atomic E-state index is 12.5. The van der Waals surface area contributed by atoms with E-state index < -0.39 is 0 Å². The van der Waals surface area contributed by atoms with Gasteiger partial charge in [-0.3, -0.25) is 9.59 Å². The third kappa shape index (κ3) is 2.65. The number of hydrogen-bond donors (Lipinski definition) is 0. The Bertz CT molecular complexity index is 532. The number of para-hydroxylation sites is 1. The lowest BCUT2D eigenvalue weighted by molar-refractivity contribution is -0.135. The molecule has 2 fully saturated rings. The Morgan fingerprint density at radius 2 is 2.00 bits per heavy atom. The van der Waals surface area contributed by atoms with Gasteiger partial charge in [-0.15, -0.1) is 0 Å². The normalized spacial score (nSPS) is 24.5. The summed E-state index contributed by atoms with van der Waals surface area (Å²) < 4.78 is 5.16. The molecule has 2 aliphatic heterocycles. The van der Waals surface area contributed by atoms with Crippen molar-refractivity contribution in [1.29, 1.82) is 0 Å². The largest absolute Gasteiger partial charge is 0.372 e. The van der Waals surface area contributed by atoms with Crippen LogP contribution in [0, 0.1) is 11.8 Å². The van der Waals surface area contributed by atoms with Gasteiger partial charge in [-0.1, -0.05) is 18.2 Å². The summed E-state index contributed by atoms with van der Waals surface area (Å²) in [6, 6.07) is 9.73. The SMILES string of the molecule is CCOCC(=O)N1C[C@@H]2CN(c3ccccc3)C(=O)[C@@H]2C1. The topological polar surface area (TPSA) is 49.9 Å². The van der Waals surface area contributed by atoms with Crippen LogP contribution in [0.1, 0.15) is 6.92 Å². The van der Waals surface area contributed by atoms with Crippen LogP contribution >= 0.6 is 0 Å². The molecule has 5 heteroatoms. The van der Waals surface area contributed by atoms with Gasteiger partial charge < -0.3 is 14.5 Å². The summed E-state index contributed by atoms with van der Waals surface area (Å²) in [6.07, 6.45) is 0. The Balaban J connectivity index is 1.64. The third-order valence-electron chi connectivity index (χ3n) is 4.29. The summed E-state index contributed by atoms with van der Waals surface area (Å²) >= 11 is 0. The van der Waals surface area contributed by atoms with Crippen LogP contribution in [-0.4, -0.2) is 49.6 Å². The molecule has 0 unspecified atom stereocenters. The maximum Gasteiger partial charge on any atom is 0.248 e. The molecule has 0 aliphatic carbocycles. The molecule has 3 rings (SSSR count). The Hall–Kier alpha value is -1.88. The van der Waals surface area contributed by atoms with Gasteiger partial charge >= 0.3 is 0 Å². The first-order chi connectivity index (χ1) is 10.2. The lowest BCUT2D eigenvalue weighted by atomic mass is 10.0. The minimum Gasteiger partial charge on any atom is -0.372 e. The van der Waals surface area contributed by atoms with Crippen LogP contribution in [-0.2, 0) is 14.3 Å². The first-order valence-corrected chi connectivity index (χ1v) is 7.42. The average Bonchev–Trinajstić information content (AvgIpc) is 3.06. The van der Waals surface area contributed by atoms with Gasteiger partial charge in [0.2, 0.25) is 11.8 Å². The van der Waals surface area contributed by atoms with E-state index in [4.69, 9.17) is 4.74 Å². The molecular weight excluding hydrogens is 268 g/mol. The predicted molar refractivity (Wildman–Crippen MR) is 78.8 cm³/mol. The number of carbonyl (C=O) groups excluding carboxylic acids is 2. The molecule has 2 aliphatic rings. The summed E-state index contributed by atoms with van der Waals surface area (Å²) in [4.78, 5) is 28.1. The minimum atomic E-state index is -0.0595. The molecule has 0 saturated carbocycles. The lowest BCUT2D eigenvalue weighted by Gasteiger charge is -2.21. The summed E-state index contributed by atoms with van der Waals surface area (Å²) in [5, 5.41) is 0. The van der Waals surface area contributed by atoms with E-state index in [1.807, 2.05) is 42.2 Å². The van der Waals surface area contributed by atoms with E-state index in [1.165, 1.54) is 0 Å². The standard InChI is InChI=1S/C16H20N2O3/c1-2-21-11-15(19)17-8-12-9-18(16(20)14(12)10-17)13-6-4-3-5-7-13/h3-7,12,14H,2,8-11H2,1H3/t12-,14-/m1/s1. The Labute approximate surface area is 124 Å². The number of benzene rings is 1. The van der Waals surface area contributed by atoms with E-state index in [0.717, 1.165) is 5.69 Å². The molecule has 21 heavy (non-hydrogen) atoms. The minimum absolute atomic E-state index is 0.00897. The van der Waals surface area contributed by atoms with E-state index in [9.17, 15) is 9.59 Å². The molecule has 5 nitrogen and oxygen atoms in total. The highest BCUT2D eigenvalue weighted by Gasteiger charge is 2.47. The zero-order valence-electron chi connectivity index (χ0n) is 12.2. The van der Waals surface area contributed by atoms with Gasteiger partial charge in [0.15, 0.2) is 0 Å². The molecule has 0 bridgehead atoms. The molecule has 2 atom stereocenters. The van der Waals surface area contributed by atoms with Crippen LogP contribution < -0.4 is 4.90 Å². The first-order valence-electron chi connectivity index (χ1n) is 7.42. The maximum atomic E-state index is 12.5. The highest BCUT2D eigenvalue weighted by molar-refractivity contribution is 5.98. The molecule has 0 spiro atoms. The van der Waals surface area contributed by atoms with Crippen LogP contribution in [0.5, 0.6) is 0 Å². The number of anilines is 1. The number of fused-ring (bicyclic) bond motifs is 1. The van der Waals surface area contributed by atoms with Crippen molar-refractivity contribution in [2.24, 2.45) is 11.8 Å². The van der Waals surface area contributed by atoms with Crippen molar-refractivity contribution in [2.75, 3.05) is 37.7 Å². The summed E-state index contributed by atoms with van der Waals surface area (Å²) in [7, 11) is 0. The van der Waals surface area contributed by atoms with E-state index in [0.29, 0.717) is 26.2 Å². The van der Waals surface area contributed by atoms with Crippen molar-refractivity contribution in [2.45, 2.75) is 6.92 Å². The Kier molecular flexibility index (Phi) is 3.92. The van der Waals surface area contributed by atoms with E-state index in [1.54, 1.807) is 4.90 Å². The van der Waals surface area contributed by atoms with Crippen molar-refractivity contribution in [3.8, 4) is 0 Å². The van der Waals surface area contributed by atoms with Crippen molar-refractivity contribution in [3.63, 3.8) is 0 Å². The van der Waals surface area contributed by atoms with Crippen molar-refractivity contribution in [3.05, 3.63) is 30.3 Å². The molecule has 0 radical (unpaired) electrons. The third-order valence-corrected chi connectivity index (χ3v) is 4.29. The first kappa shape index (κ1) is 14.1. The van der Waals surface area contributed by atoms with Crippen LogP contribution in [0.4, 0.5) is 5.69 Å². The monoisotopic (exact) mass is 288 g/mol. The molecule has 2 heterocycles. The molecule has 2 amide bonds. The number of likely N-dealkylation sites (tertiary alicyclic amines) is 1. The van der Waals surface area contributed by atoms with Crippen LogP contribution in [0.2, 0.25) is 0 Å². The predicted octanol–water partition coefficient (Wildman–Crippen LogP) is 1.14. The number of ether oxygens (including phenoxy) is 1. The van der Waals surface area contributed by atoms with Crippen LogP contribution in [0.15, 0.2) is 30.3 Å². The molecule has 112 valence electrons. The quantitative estimate of drug-likeness (QED) is 0.835. The highest BCUT2D eigenvalue weighted by Crippen LogP contribution is 2.34. The van der Waals surface area contributed by atoms with Crippen molar-refractivity contribution in [1.82, 2.24) is 4.90 Å². The number of nitrogens with zero attached hydrogens (tertiary/aromatic N) is 2. The van der Waals surface area contributed by atoms with E-state index in [-0.39, 0.29) is 30.3 Å². The Morgan fingerprint density at radius 1 is 1.24 bits per heavy atom. The lowest BCUT2D eigenvalue weighted by Crippen LogP contribution is -2.37. The van der Waals surface area contributed by atoms with Gasteiger partial charge in [0.1, 0.15) is 6.61 Å². The zero-order chi connectivity index (χ0) is 14.8. The van der Waals surface area contributed by atoms with Crippen LogP contribution in [0.25, 0.3) is 0 Å². The smallest absolute Gasteiger partial charge is 0.248 e. The molecule has 0 aromatic heterocycles. The summed E-state index contributed by atoms with van der Waals surface area (Å²) in [6.45, 7) is 4.41. The fourth-order valence-corrected chi connectivity index (χ4v) is 3.19. The number of amides is 2. The second kappa shape index (κ2) is 5.85. The second-order valence-electron chi connectivity index (χ2n) is 5.59. The molecule has 1 aromatic rings. The van der Waals surface area contributed by atoms with Crippen molar-refractivity contribution >= 4 is 17.5 Å². The van der Waals surface area contributed by atoms with Gasteiger partial charge in [0, 0.05) is 37.8 Å². The molecule has 2 saturated heterocycles. The molecule has 0 N–H and O–H groups in total. The highest BCUT2D eigenvalue weighted by atomic mass is 16.5. The molecular formula is C16H20N2O3. The zero-order valence-corrected chi connectivity index (χ0v) is 12.2. The van der Waals surface area contributed by atoms with Crippen LogP contribution in [0.3, 0.4) is 0 Å². The number of rotatable bonds is 4. The van der Waals surface area contributed by atoms with Gasteiger partial charge in [-0.25, -0.2) is 0 Å². The fraction of sp³-hybridized carbons (Fsp3) is 0.500. The second-order valence-corrected chi connectivity index (χ2v) is 5.59. The Morgan fingerprint density at radius 3 is 2.67 bits per heavy atom. The number of hydrogen-bond acceptors (Lipinski definition) is 3. The van der Waals surface area contributed by atoms with Gasteiger partial charge in [0.05, 0.1) is 5.92 Å². The van der Waals surface area contributed by atoms with Crippen molar-refractivity contribution < 1.29 is 14.3 Å². The molecule has 1 aromatic carbocycles. The van der Waals surface area contributed by atoms with E-state index in [2.05, 4.69) is 0 Å².